The second-order valence-electron chi connectivity index (χ2n) is 5.36. The molecule has 3 nitrogen and oxygen atoms in total. The van der Waals surface area contributed by atoms with E-state index in [9.17, 15) is 4.39 Å². The molecule has 1 fully saturated rings. The number of nitrogens with zero attached hydrogens (tertiary/aromatic N) is 2. The molecule has 2 heterocycles. The Bertz CT molecular complexity index is 471. The van der Waals surface area contributed by atoms with E-state index < -0.39 is 0 Å². The van der Waals surface area contributed by atoms with Gasteiger partial charge in [0, 0.05) is 32.5 Å². The van der Waals surface area contributed by atoms with Crippen LogP contribution in [0.25, 0.3) is 0 Å². The quantitative estimate of drug-likeness (QED) is 0.803. The van der Waals surface area contributed by atoms with Gasteiger partial charge in [-0.15, -0.1) is 0 Å². The topological polar surface area (TPSA) is 24.8 Å². The summed E-state index contributed by atoms with van der Waals surface area (Å²) in [6, 6.07) is 6.72. The highest BCUT2D eigenvalue weighted by Crippen LogP contribution is 2.34. The summed E-state index contributed by atoms with van der Waals surface area (Å²) in [7, 11) is 0. The molecule has 0 bridgehead atoms. The first-order valence-electron chi connectivity index (χ1n) is 6.34. The van der Waals surface area contributed by atoms with Crippen LogP contribution in [0.1, 0.15) is 25.3 Å². The Kier molecular flexibility index (Phi) is 2.82. The van der Waals surface area contributed by atoms with Gasteiger partial charge in [-0.3, -0.25) is 4.90 Å². The lowest BCUT2D eigenvalue weighted by molar-refractivity contribution is -0.0104. The molecule has 0 N–H and O–H groups in total. The standard InChI is InChI=1S/C14H17FN2O/c1-11-8-14(18-16-11)6-7-17(10-14)9-12-2-4-13(15)5-3-12/h2-5H,6-10H2,1H3. The number of rotatable bonds is 2. The van der Waals surface area contributed by atoms with Crippen LogP contribution in [-0.4, -0.2) is 29.3 Å². The van der Waals surface area contributed by atoms with E-state index in [0.29, 0.717) is 0 Å². The average Bonchev–Trinajstić information content (AvgIpc) is 2.90. The first-order valence-corrected chi connectivity index (χ1v) is 6.34. The fourth-order valence-corrected chi connectivity index (χ4v) is 2.83. The SMILES string of the molecule is CC1=NOC2(CCN(Cc3ccc(F)cc3)C2)C1. The van der Waals surface area contributed by atoms with Crippen LogP contribution in [0.5, 0.6) is 0 Å². The van der Waals surface area contributed by atoms with E-state index in [1.807, 2.05) is 19.1 Å². The Morgan fingerprint density at radius 2 is 2.17 bits per heavy atom. The summed E-state index contributed by atoms with van der Waals surface area (Å²) in [5.74, 6) is -0.181. The molecular formula is C14H17FN2O. The van der Waals surface area contributed by atoms with Gasteiger partial charge in [0.15, 0.2) is 5.60 Å². The maximum Gasteiger partial charge on any atom is 0.156 e. The second-order valence-corrected chi connectivity index (χ2v) is 5.36. The molecule has 0 aromatic heterocycles. The molecule has 2 aliphatic rings. The molecule has 0 aliphatic carbocycles. The Morgan fingerprint density at radius 1 is 1.39 bits per heavy atom. The lowest BCUT2D eigenvalue weighted by atomic mass is 9.97. The summed E-state index contributed by atoms with van der Waals surface area (Å²) in [6.07, 6.45) is 1.96. The average molecular weight is 248 g/mol. The van der Waals surface area contributed by atoms with Crippen molar-refractivity contribution in [1.29, 1.82) is 0 Å². The molecule has 1 unspecified atom stereocenters. The smallest absolute Gasteiger partial charge is 0.156 e. The molecule has 1 atom stereocenters. The second kappa shape index (κ2) is 4.35. The predicted octanol–water partition coefficient (Wildman–Crippen LogP) is 2.57. The molecule has 4 heteroatoms. The van der Waals surface area contributed by atoms with Gasteiger partial charge in [-0.25, -0.2) is 4.39 Å². The maximum absolute atomic E-state index is 12.8. The summed E-state index contributed by atoms with van der Waals surface area (Å²) in [5.41, 5.74) is 2.13. The fourth-order valence-electron chi connectivity index (χ4n) is 2.83. The number of halogens is 1. The molecular weight excluding hydrogens is 231 g/mol. The van der Waals surface area contributed by atoms with Gasteiger partial charge in [0.05, 0.1) is 5.71 Å². The van der Waals surface area contributed by atoms with Gasteiger partial charge in [0.25, 0.3) is 0 Å². The van der Waals surface area contributed by atoms with Crippen molar-refractivity contribution in [1.82, 2.24) is 4.90 Å². The third-order valence-corrected chi connectivity index (χ3v) is 3.69. The lowest BCUT2D eigenvalue weighted by Crippen LogP contribution is -2.33. The van der Waals surface area contributed by atoms with Crippen molar-refractivity contribution in [3.05, 3.63) is 35.6 Å². The van der Waals surface area contributed by atoms with Gasteiger partial charge in [-0.05, 0) is 24.6 Å². The molecule has 3 rings (SSSR count). The van der Waals surface area contributed by atoms with E-state index in [-0.39, 0.29) is 11.4 Å². The third kappa shape index (κ3) is 2.25. The summed E-state index contributed by atoms with van der Waals surface area (Å²) < 4.78 is 12.8. The van der Waals surface area contributed by atoms with E-state index in [2.05, 4.69) is 10.1 Å². The van der Waals surface area contributed by atoms with Gasteiger partial charge in [-0.2, -0.15) is 0 Å². The highest BCUT2D eigenvalue weighted by molar-refractivity contribution is 5.83. The zero-order valence-corrected chi connectivity index (χ0v) is 10.5. The predicted molar refractivity (Wildman–Crippen MR) is 67.8 cm³/mol. The van der Waals surface area contributed by atoms with Crippen molar-refractivity contribution < 1.29 is 9.23 Å². The van der Waals surface area contributed by atoms with Crippen LogP contribution < -0.4 is 0 Å². The van der Waals surface area contributed by atoms with E-state index in [4.69, 9.17) is 4.84 Å². The van der Waals surface area contributed by atoms with Gasteiger partial charge in [0.2, 0.25) is 0 Å². The van der Waals surface area contributed by atoms with E-state index >= 15 is 0 Å². The zero-order valence-electron chi connectivity index (χ0n) is 10.5. The summed E-state index contributed by atoms with van der Waals surface area (Å²) in [4.78, 5) is 7.94. The molecule has 1 aromatic carbocycles. The van der Waals surface area contributed by atoms with Gasteiger partial charge in [0.1, 0.15) is 5.82 Å². The monoisotopic (exact) mass is 248 g/mol. The van der Waals surface area contributed by atoms with Crippen LogP contribution in [0.4, 0.5) is 4.39 Å². The summed E-state index contributed by atoms with van der Waals surface area (Å²) in [6.45, 7) is 4.78. The Hall–Kier alpha value is -1.42. The van der Waals surface area contributed by atoms with Crippen molar-refractivity contribution in [3.8, 4) is 0 Å². The lowest BCUT2D eigenvalue weighted by Gasteiger charge is -2.21. The minimum Gasteiger partial charge on any atom is -0.387 e. The maximum atomic E-state index is 12.8. The minimum atomic E-state index is -0.181. The summed E-state index contributed by atoms with van der Waals surface area (Å²) >= 11 is 0. The van der Waals surface area contributed by atoms with Gasteiger partial charge in [-0.1, -0.05) is 17.3 Å². The van der Waals surface area contributed by atoms with Crippen LogP contribution in [-0.2, 0) is 11.4 Å². The first kappa shape index (κ1) is 11.7. The van der Waals surface area contributed by atoms with Crippen LogP contribution >= 0.6 is 0 Å². The molecule has 2 aliphatic heterocycles. The van der Waals surface area contributed by atoms with E-state index in [1.54, 1.807) is 0 Å². The summed E-state index contributed by atoms with van der Waals surface area (Å²) in [5, 5.41) is 4.06. The van der Waals surface area contributed by atoms with Crippen LogP contribution in [0.2, 0.25) is 0 Å². The number of hydrogen-bond donors (Lipinski definition) is 0. The highest BCUT2D eigenvalue weighted by Gasteiger charge is 2.43. The number of likely N-dealkylation sites (tertiary alicyclic amines) is 1. The largest absolute Gasteiger partial charge is 0.387 e. The molecule has 0 amide bonds. The van der Waals surface area contributed by atoms with Crippen molar-refractivity contribution >= 4 is 5.71 Å². The van der Waals surface area contributed by atoms with Crippen molar-refractivity contribution in [2.24, 2.45) is 5.16 Å². The van der Waals surface area contributed by atoms with Crippen LogP contribution in [0.15, 0.2) is 29.4 Å². The first-order chi connectivity index (χ1) is 8.65. The van der Waals surface area contributed by atoms with Crippen molar-refractivity contribution in [2.45, 2.75) is 31.9 Å². The van der Waals surface area contributed by atoms with Crippen molar-refractivity contribution in [3.63, 3.8) is 0 Å². The molecule has 18 heavy (non-hydrogen) atoms. The van der Waals surface area contributed by atoms with E-state index in [0.717, 1.165) is 43.8 Å². The number of benzene rings is 1. The molecule has 0 radical (unpaired) electrons. The molecule has 1 aromatic rings. The Morgan fingerprint density at radius 3 is 2.83 bits per heavy atom. The fraction of sp³-hybridized carbons (Fsp3) is 0.500. The Balaban J connectivity index is 1.61. The molecule has 1 spiro atoms. The highest BCUT2D eigenvalue weighted by atomic mass is 19.1. The molecule has 96 valence electrons. The van der Waals surface area contributed by atoms with Crippen LogP contribution in [0, 0.1) is 5.82 Å². The Labute approximate surface area is 106 Å². The number of hydrogen-bond acceptors (Lipinski definition) is 3. The van der Waals surface area contributed by atoms with Gasteiger partial charge < -0.3 is 4.84 Å². The molecule has 1 saturated heterocycles. The third-order valence-electron chi connectivity index (χ3n) is 3.69. The van der Waals surface area contributed by atoms with E-state index in [1.165, 1.54) is 12.1 Å². The van der Waals surface area contributed by atoms with Gasteiger partial charge >= 0.3 is 0 Å². The van der Waals surface area contributed by atoms with Crippen LogP contribution in [0.3, 0.4) is 0 Å². The molecule has 0 saturated carbocycles. The minimum absolute atomic E-state index is 0.0931. The van der Waals surface area contributed by atoms with Crippen molar-refractivity contribution in [2.75, 3.05) is 13.1 Å². The normalized spacial score (nSPS) is 27.6. The zero-order chi connectivity index (χ0) is 12.6. The number of oxime groups is 1.